The van der Waals surface area contributed by atoms with Crippen LogP contribution in [0.3, 0.4) is 0 Å². The second-order valence-electron chi connectivity index (χ2n) is 10.8. The Hall–Kier alpha value is -3.14. The van der Waals surface area contributed by atoms with E-state index < -0.39 is 34.3 Å². The molecule has 2 amide bonds. The topological polar surface area (TPSA) is 86.8 Å². The normalized spacial score (nSPS) is 14.6. The van der Waals surface area contributed by atoms with E-state index in [0.717, 1.165) is 66.2 Å². The molecule has 1 fully saturated rings. The molecular weight excluding hydrogens is 612 g/mol. The number of benzene rings is 3. The summed E-state index contributed by atoms with van der Waals surface area (Å²) in [7, 11) is -4.31. The molecule has 11 heteroatoms. The number of aryl methyl sites for hydroxylation is 1. The van der Waals surface area contributed by atoms with Crippen molar-refractivity contribution < 1.29 is 22.4 Å². The highest BCUT2D eigenvalue weighted by molar-refractivity contribution is 7.92. The van der Waals surface area contributed by atoms with E-state index in [1.54, 1.807) is 49.4 Å². The predicted molar refractivity (Wildman–Crippen MR) is 168 cm³/mol. The largest absolute Gasteiger partial charge is 0.352 e. The summed E-state index contributed by atoms with van der Waals surface area (Å²) in [5.74, 6) is -1.52. The van der Waals surface area contributed by atoms with Crippen molar-refractivity contribution in [2.24, 2.45) is 0 Å². The lowest BCUT2D eigenvalue weighted by Gasteiger charge is -2.34. The number of sulfonamides is 1. The molecular formula is C32H36Cl2FN3O4S. The van der Waals surface area contributed by atoms with E-state index in [9.17, 15) is 22.4 Å². The molecule has 0 spiro atoms. The highest BCUT2D eigenvalue weighted by Crippen LogP contribution is 2.29. The van der Waals surface area contributed by atoms with Crippen LogP contribution < -0.4 is 9.62 Å². The van der Waals surface area contributed by atoms with Gasteiger partial charge in [-0.2, -0.15) is 0 Å². The first-order valence-corrected chi connectivity index (χ1v) is 16.6. The molecule has 0 saturated heterocycles. The SMILES string of the molecule is CC[C@H](C(=O)NC1CCCCC1)N(Cc1c(Cl)cccc1Cl)C(=O)CN(c1ccc(C)cc1)S(=O)(=O)c1ccc(F)cc1. The van der Waals surface area contributed by atoms with Crippen molar-refractivity contribution in [2.75, 3.05) is 10.8 Å². The summed E-state index contributed by atoms with van der Waals surface area (Å²) in [5.41, 5.74) is 1.60. The zero-order chi connectivity index (χ0) is 31.1. The fourth-order valence-electron chi connectivity index (χ4n) is 5.29. The molecule has 0 aromatic heterocycles. The summed E-state index contributed by atoms with van der Waals surface area (Å²) in [6.45, 7) is 2.94. The van der Waals surface area contributed by atoms with Gasteiger partial charge in [0.05, 0.1) is 10.6 Å². The Labute approximate surface area is 263 Å². The second kappa shape index (κ2) is 14.6. The van der Waals surface area contributed by atoms with E-state index in [-0.39, 0.29) is 35.5 Å². The summed E-state index contributed by atoms with van der Waals surface area (Å²) in [5, 5.41) is 3.75. The van der Waals surface area contributed by atoms with Crippen LogP contribution in [0.2, 0.25) is 10.0 Å². The van der Waals surface area contributed by atoms with Gasteiger partial charge in [0.1, 0.15) is 18.4 Å². The van der Waals surface area contributed by atoms with Crippen LogP contribution in [-0.2, 0) is 26.2 Å². The molecule has 0 radical (unpaired) electrons. The van der Waals surface area contributed by atoms with Gasteiger partial charge in [-0.05, 0) is 74.7 Å². The van der Waals surface area contributed by atoms with Gasteiger partial charge in [0, 0.05) is 28.2 Å². The number of rotatable bonds is 11. The van der Waals surface area contributed by atoms with Gasteiger partial charge in [0.2, 0.25) is 11.8 Å². The number of nitrogens with zero attached hydrogens (tertiary/aromatic N) is 2. The number of halogens is 3. The number of carbonyl (C=O) groups excluding carboxylic acids is 2. The maximum Gasteiger partial charge on any atom is 0.264 e. The summed E-state index contributed by atoms with van der Waals surface area (Å²) in [6.07, 6.45) is 5.17. The first-order chi connectivity index (χ1) is 20.5. The highest BCUT2D eigenvalue weighted by atomic mass is 35.5. The first-order valence-electron chi connectivity index (χ1n) is 14.4. The average Bonchev–Trinajstić information content (AvgIpc) is 2.98. The lowest BCUT2D eigenvalue weighted by Crippen LogP contribution is -2.54. The molecule has 0 heterocycles. The van der Waals surface area contributed by atoms with Crippen molar-refractivity contribution in [3.05, 3.63) is 93.7 Å². The lowest BCUT2D eigenvalue weighted by molar-refractivity contribution is -0.140. The van der Waals surface area contributed by atoms with Gasteiger partial charge in [-0.3, -0.25) is 13.9 Å². The molecule has 1 aliphatic carbocycles. The third kappa shape index (κ3) is 8.08. The summed E-state index contributed by atoms with van der Waals surface area (Å²) >= 11 is 13.0. The molecule has 230 valence electrons. The third-order valence-electron chi connectivity index (χ3n) is 7.73. The van der Waals surface area contributed by atoms with Gasteiger partial charge in [0.15, 0.2) is 0 Å². The van der Waals surface area contributed by atoms with Gasteiger partial charge in [0.25, 0.3) is 10.0 Å². The first kappa shape index (κ1) is 32.8. The molecule has 1 atom stereocenters. The van der Waals surface area contributed by atoms with Crippen molar-refractivity contribution in [3.63, 3.8) is 0 Å². The smallest absolute Gasteiger partial charge is 0.264 e. The second-order valence-corrected chi connectivity index (χ2v) is 13.5. The van der Waals surface area contributed by atoms with Gasteiger partial charge in [-0.1, -0.05) is 73.2 Å². The number of nitrogens with one attached hydrogen (secondary N) is 1. The highest BCUT2D eigenvalue weighted by Gasteiger charge is 2.35. The maximum atomic E-state index is 14.2. The number of hydrogen-bond donors (Lipinski definition) is 1. The Morgan fingerprint density at radius 3 is 2.14 bits per heavy atom. The van der Waals surface area contributed by atoms with Crippen molar-refractivity contribution in [1.29, 1.82) is 0 Å². The molecule has 3 aromatic carbocycles. The Balaban J connectivity index is 1.73. The number of carbonyl (C=O) groups is 2. The van der Waals surface area contributed by atoms with Crippen molar-refractivity contribution in [2.45, 2.75) is 75.9 Å². The maximum absolute atomic E-state index is 14.2. The number of amides is 2. The Morgan fingerprint density at radius 1 is 0.953 bits per heavy atom. The molecule has 7 nitrogen and oxygen atoms in total. The molecule has 1 saturated carbocycles. The van der Waals surface area contributed by atoms with Crippen LogP contribution in [0.25, 0.3) is 0 Å². The fraction of sp³-hybridized carbons (Fsp3) is 0.375. The molecule has 1 aliphatic rings. The minimum absolute atomic E-state index is 0.0130. The van der Waals surface area contributed by atoms with Crippen LogP contribution in [0.1, 0.15) is 56.6 Å². The van der Waals surface area contributed by atoms with E-state index in [1.807, 2.05) is 6.92 Å². The lowest BCUT2D eigenvalue weighted by atomic mass is 9.95. The monoisotopic (exact) mass is 647 g/mol. The van der Waals surface area contributed by atoms with Gasteiger partial charge in [-0.15, -0.1) is 0 Å². The van der Waals surface area contributed by atoms with Gasteiger partial charge in [-0.25, -0.2) is 12.8 Å². The van der Waals surface area contributed by atoms with E-state index >= 15 is 0 Å². The van der Waals surface area contributed by atoms with Crippen LogP contribution in [0.4, 0.5) is 10.1 Å². The summed E-state index contributed by atoms with van der Waals surface area (Å²) < 4.78 is 42.5. The van der Waals surface area contributed by atoms with E-state index in [1.165, 1.54) is 4.90 Å². The van der Waals surface area contributed by atoms with Crippen LogP contribution >= 0.6 is 23.2 Å². The number of anilines is 1. The molecule has 0 aliphatic heterocycles. The average molecular weight is 649 g/mol. The molecule has 43 heavy (non-hydrogen) atoms. The van der Waals surface area contributed by atoms with E-state index in [4.69, 9.17) is 23.2 Å². The molecule has 1 N–H and O–H groups in total. The van der Waals surface area contributed by atoms with Gasteiger partial charge >= 0.3 is 0 Å². The zero-order valence-electron chi connectivity index (χ0n) is 24.2. The Bertz CT molecular complexity index is 1510. The van der Waals surface area contributed by atoms with E-state index in [2.05, 4.69) is 5.32 Å². The molecule has 4 rings (SSSR count). The fourth-order valence-corrected chi connectivity index (χ4v) is 7.22. The summed E-state index contributed by atoms with van der Waals surface area (Å²) in [4.78, 5) is 29.1. The minimum Gasteiger partial charge on any atom is -0.352 e. The molecule has 3 aromatic rings. The molecule has 0 bridgehead atoms. The van der Waals surface area contributed by atoms with Crippen LogP contribution in [-0.4, -0.2) is 43.8 Å². The minimum atomic E-state index is -4.31. The zero-order valence-corrected chi connectivity index (χ0v) is 26.6. The Morgan fingerprint density at radius 2 is 1.56 bits per heavy atom. The van der Waals surface area contributed by atoms with E-state index in [0.29, 0.717) is 15.6 Å². The quantitative estimate of drug-likeness (QED) is 0.245. The van der Waals surface area contributed by atoms with Crippen LogP contribution in [0.5, 0.6) is 0 Å². The number of hydrogen-bond acceptors (Lipinski definition) is 4. The summed E-state index contributed by atoms with van der Waals surface area (Å²) in [6, 6.07) is 15.2. The standard InChI is InChI=1S/C32H36Cl2FN3O4S/c1-3-30(32(40)36-24-8-5-4-6-9-24)37(20-27-28(33)10-7-11-29(27)34)31(39)21-38(25-16-12-22(2)13-17-25)43(41,42)26-18-14-23(35)15-19-26/h7,10-19,24,30H,3-6,8-9,20-21H2,1-2H3,(H,36,40)/t30-/m1/s1. The molecule has 0 unspecified atom stereocenters. The Kier molecular flexibility index (Phi) is 11.1. The third-order valence-corrected chi connectivity index (χ3v) is 10.2. The van der Waals surface area contributed by atoms with Crippen molar-refractivity contribution >= 4 is 50.7 Å². The van der Waals surface area contributed by atoms with Crippen molar-refractivity contribution in [3.8, 4) is 0 Å². The van der Waals surface area contributed by atoms with Gasteiger partial charge < -0.3 is 10.2 Å². The van der Waals surface area contributed by atoms with Crippen LogP contribution in [0.15, 0.2) is 71.6 Å². The van der Waals surface area contributed by atoms with Crippen molar-refractivity contribution in [1.82, 2.24) is 10.2 Å². The van der Waals surface area contributed by atoms with Crippen LogP contribution in [0, 0.1) is 12.7 Å². The predicted octanol–water partition coefficient (Wildman–Crippen LogP) is 6.89.